The fourth-order valence-corrected chi connectivity index (χ4v) is 6.11. The van der Waals surface area contributed by atoms with Gasteiger partial charge in [-0.1, -0.05) is 73.5 Å². The molecule has 10 heteroatoms. The number of hydrogen-bond acceptors (Lipinski definition) is 7. The van der Waals surface area contributed by atoms with Gasteiger partial charge in [0.1, 0.15) is 18.2 Å². The van der Waals surface area contributed by atoms with Crippen LogP contribution in [-0.4, -0.2) is 77.7 Å². The number of carbonyl (C=O) groups excluding carboxylic acids is 5. The number of amides is 4. The second kappa shape index (κ2) is 15.2. The number of nitrogens with zero attached hydrogens (tertiary/aromatic N) is 1. The van der Waals surface area contributed by atoms with Crippen molar-refractivity contribution in [3.05, 3.63) is 71.8 Å². The predicted octanol–water partition coefficient (Wildman–Crippen LogP) is 2.24. The number of fused-ring (bicyclic) bond motifs is 1. The summed E-state index contributed by atoms with van der Waals surface area (Å²) in [4.78, 5) is 68.6. The number of imide groups is 1. The fourth-order valence-electron chi connectivity index (χ4n) is 6.11. The summed E-state index contributed by atoms with van der Waals surface area (Å²) in [5, 5.41) is 8.84. The monoisotopic (exact) mass is 602 g/mol. The summed E-state index contributed by atoms with van der Waals surface area (Å²) in [6, 6.07) is 15.7. The van der Waals surface area contributed by atoms with Gasteiger partial charge in [-0.3, -0.25) is 34.6 Å². The molecule has 44 heavy (non-hydrogen) atoms. The van der Waals surface area contributed by atoms with Crippen molar-refractivity contribution >= 4 is 29.4 Å². The van der Waals surface area contributed by atoms with Crippen molar-refractivity contribution in [1.29, 1.82) is 0 Å². The second-order valence-corrected chi connectivity index (χ2v) is 12.0. The Morgan fingerprint density at radius 3 is 2.09 bits per heavy atom. The van der Waals surface area contributed by atoms with Gasteiger partial charge in [0.15, 0.2) is 5.78 Å². The van der Waals surface area contributed by atoms with Gasteiger partial charge in [-0.2, -0.15) is 0 Å². The van der Waals surface area contributed by atoms with Crippen LogP contribution in [-0.2, 0) is 41.6 Å². The molecule has 5 rings (SSSR count). The summed E-state index contributed by atoms with van der Waals surface area (Å²) < 4.78 is 5.06. The van der Waals surface area contributed by atoms with Crippen LogP contribution in [0.25, 0.3) is 0 Å². The van der Waals surface area contributed by atoms with Crippen molar-refractivity contribution < 1.29 is 28.7 Å². The summed E-state index contributed by atoms with van der Waals surface area (Å²) >= 11 is 0. The van der Waals surface area contributed by atoms with Gasteiger partial charge in [0.05, 0.1) is 18.7 Å². The Morgan fingerprint density at radius 1 is 0.773 bits per heavy atom. The van der Waals surface area contributed by atoms with Crippen molar-refractivity contribution in [2.45, 2.75) is 94.5 Å². The largest absolute Gasteiger partial charge is 0.365 e. The Balaban J connectivity index is 1.39. The fraction of sp³-hybridized carbons (Fsp3) is 0.500. The van der Waals surface area contributed by atoms with E-state index in [1.807, 2.05) is 60.7 Å². The first-order chi connectivity index (χ1) is 21.4. The Labute approximate surface area is 258 Å². The van der Waals surface area contributed by atoms with Gasteiger partial charge < -0.3 is 15.0 Å². The molecular formula is C34H42N4O6. The number of nitrogens with one attached hydrogen (secondary N) is 3. The number of ketones is 1. The molecule has 0 aliphatic carbocycles. The Bertz CT molecular complexity index is 1320. The van der Waals surface area contributed by atoms with Crippen molar-refractivity contribution in [1.82, 2.24) is 20.9 Å². The van der Waals surface area contributed by atoms with Crippen LogP contribution in [0.1, 0.15) is 62.5 Å². The summed E-state index contributed by atoms with van der Waals surface area (Å²) in [5.74, 6) is -1.60. The normalized spacial score (nSPS) is 26.1. The molecule has 0 unspecified atom stereocenters. The van der Waals surface area contributed by atoms with Gasteiger partial charge in [0.25, 0.3) is 0 Å². The molecule has 3 aliphatic rings. The first kappa shape index (κ1) is 31.5. The Morgan fingerprint density at radius 2 is 1.43 bits per heavy atom. The lowest BCUT2D eigenvalue weighted by Crippen LogP contribution is -2.63. The summed E-state index contributed by atoms with van der Waals surface area (Å²) in [7, 11) is 0. The van der Waals surface area contributed by atoms with Crippen molar-refractivity contribution in [3.8, 4) is 0 Å². The number of rotatable bonds is 11. The van der Waals surface area contributed by atoms with Gasteiger partial charge in [0.2, 0.25) is 23.6 Å². The van der Waals surface area contributed by atoms with Crippen LogP contribution < -0.4 is 16.0 Å². The molecule has 0 spiro atoms. The zero-order valence-corrected chi connectivity index (χ0v) is 25.0. The van der Waals surface area contributed by atoms with E-state index in [1.54, 1.807) is 0 Å². The molecule has 5 atom stereocenters. The molecule has 3 aliphatic heterocycles. The minimum atomic E-state index is -0.875. The minimum Gasteiger partial charge on any atom is -0.365 e. The van der Waals surface area contributed by atoms with Crippen molar-refractivity contribution in [2.24, 2.45) is 0 Å². The number of unbranched alkanes of at least 4 members (excludes halogenated alkanes) is 2. The van der Waals surface area contributed by atoms with Crippen LogP contribution in [0, 0.1) is 0 Å². The smallest absolute Gasteiger partial charge is 0.249 e. The molecule has 0 bridgehead atoms. The van der Waals surface area contributed by atoms with Crippen LogP contribution in [0.2, 0.25) is 0 Å². The number of carbonyl (C=O) groups is 5. The Hall–Kier alpha value is -3.89. The number of benzene rings is 2. The van der Waals surface area contributed by atoms with E-state index in [4.69, 9.17) is 4.74 Å². The van der Waals surface area contributed by atoms with Crippen LogP contribution >= 0.6 is 0 Å². The zero-order chi connectivity index (χ0) is 30.9. The van der Waals surface area contributed by atoms with Crippen LogP contribution in [0.15, 0.2) is 60.7 Å². The molecule has 2 aromatic rings. The standard InChI is InChI=1S/C34H42N4O6/c39-29(30-22-44-30)18-9-3-8-16-25-31(40)37-33(42)28-17-10-11-19-38(28)34(43)27(21-24-14-6-2-7-15-24)36-32(41)26(35-25)20-23-12-4-1-5-13-23/h1-2,4-7,12-15,25-28,30,35H,3,8-11,16-22H2,(H,36,41)(H,37,40,42)/t25-,26-,27-,28+,30-/m0/s1. The van der Waals surface area contributed by atoms with E-state index >= 15 is 0 Å². The van der Waals surface area contributed by atoms with Crippen LogP contribution in [0.4, 0.5) is 0 Å². The molecule has 0 aromatic heterocycles. The molecule has 0 radical (unpaired) electrons. The zero-order valence-electron chi connectivity index (χ0n) is 25.0. The lowest BCUT2D eigenvalue weighted by molar-refractivity contribution is -0.147. The highest BCUT2D eigenvalue weighted by molar-refractivity contribution is 6.02. The van der Waals surface area contributed by atoms with Gasteiger partial charge in [0, 0.05) is 19.4 Å². The minimum absolute atomic E-state index is 0.105. The molecule has 0 saturated carbocycles. The topological polar surface area (TPSA) is 137 Å². The maximum atomic E-state index is 14.0. The average molecular weight is 603 g/mol. The summed E-state index contributed by atoms with van der Waals surface area (Å²) in [5.41, 5.74) is 1.79. The third-order valence-electron chi connectivity index (χ3n) is 8.66. The summed E-state index contributed by atoms with van der Waals surface area (Å²) in [6.07, 6.45) is 5.11. The van der Waals surface area contributed by atoms with Gasteiger partial charge in [-0.05, 0) is 49.7 Å². The maximum Gasteiger partial charge on any atom is 0.249 e. The van der Waals surface area contributed by atoms with E-state index < -0.39 is 36.0 Å². The lowest BCUT2D eigenvalue weighted by atomic mass is 9.96. The molecule has 4 amide bonds. The van der Waals surface area contributed by atoms with E-state index in [-0.39, 0.29) is 30.1 Å². The molecule has 3 heterocycles. The van der Waals surface area contributed by atoms with Gasteiger partial charge in [-0.15, -0.1) is 0 Å². The molecule has 234 valence electrons. The number of Topliss-reactive ketones (excluding diaryl/α,β-unsaturated/α-hetero) is 1. The van der Waals surface area contributed by atoms with E-state index in [9.17, 15) is 24.0 Å². The van der Waals surface area contributed by atoms with Crippen molar-refractivity contribution in [3.63, 3.8) is 0 Å². The highest BCUT2D eigenvalue weighted by atomic mass is 16.6. The van der Waals surface area contributed by atoms with E-state index in [1.165, 1.54) is 4.90 Å². The number of piperidine rings is 1. The quantitative estimate of drug-likeness (QED) is 0.204. The second-order valence-electron chi connectivity index (χ2n) is 12.0. The Kier molecular flexibility index (Phi) is 10.9. The highest BCUT2D eigenvalue weighted by Crippen LogP contribution is 2.21. The predicted molar refractivity (Wildman–Crippen MR) is 163 cm³/mol. The van der Waals surface area contributed by atoms with Gasteiger partial charge >= 0.3 is 0 Å². The molecule has 10 nitrogen and oxygen atoms in total. The third kappa shape index (κ3) is 8.60. The summed E-state index contributed by atoms with van der Waals surface area (Å²) in [6.45, 7) is 0.881. The highest BCUT2D eigenvalue weighted by Gasteiger charge is 2.39. The number of epoxide rings is 1. The number of ether oxygens (including phenoxy) is 1. The molecular weight excluding hydrogens is 560 g/mol. The average Bonchev–Trinajstić information content (AvgIpc) is 3.89. The molecule has 3 N–H and O–H groups in total. The first-order valence-corrected chi connectivity index (χ1v) is 15.8. The maximum absolute atomic E-state index is 14.0. The third-order valence-corrected chi connectivity index (χ3v) is 8.66. The van der Waals surface area contributed by atoms with Crippen LogP contribution in [0.5, 0.6) is 0 Å². The van der Waals surface area contributed by atoms with Crippen LogP contribution in [0.3, 0.4) is 0 Å². The van der Waals surface area contributed by atoms with E-state index in [0.29, 0.717) is 51.7 Å². The lowest BCUT2D eigenvalue weighted by Gasteiger charge is -2.38. The van der Waals surface area contributed by atoms with Crippen molar-refractivity contribution in [2.75, 3.05) is 13.2 Å². The molecule has 3 saturated heterocycles. The first-order valence-electron chi connectivity index (χ1n) is 15.8. The van der Waals surface area contributed by atoms with E-state index in [0.717, 1.165) is 30.4 Å². The number of hydrogen-bond donors (Lipinski definition) is 3. The van der Waals surface area contributed by atoms with E-state index in [2.05, 4.69) is 16.0 Å². The molecule has 2 aromatic carbocycles. The molecule has 3 fully saturated rings. The SMILES string of the molecule is O=C1NC(=O)[C@H]2CCCCN2C(=O)[C@H](Cc2ccccc2)NC(=O)[C@H](Cc2ccccc2)N[C@H]1CCCCCC(=O)[C@@H]1CO1. The van der Waals surface area contributed by atoms with Gasteiger partial charge in [-0.25, -0.2) is 0 Å².